The Hall–Kier alpha value is -2.02. The van der Waals surface area contributed by atoms with Gasteiger partial charge in [-0.2, -0.15) is 0 Å². The molecular formula is C12H10BrNO5. The normalized spacial score (nSPS) is 10.5. The highest BCUT2D eigenvalue weighted by molar-refractivity contribution is 9.10. The number of aromatic carboxylic acids is 1. The van der Waals surface area contributed by atoms with Gasteiger partial charge in [0.1, 0.15) is 5.69 Å². The minimum Gasteiger partial charge on any atom is -0.504 e. The van der Waals surface area contributed by atoms with Crippen molar-refractivity contribution in [1.82, 2.24) is 5.16 Å². The van der Waals surface area contributed by atoms with Crippen molar-refractivity contribution in [2.24, 2.45) is 0 Å². The molecule has 7 heteroatoms. The lowest BCUT2D eigenvalue weighted by Crippen LogP contribution is -1.93. The van der Waals surface area contributed by atoms with Crippen LogP contribution < -0.4 is 4.74 Å². The van der Waals surface area contributed by atoms with Crippen LogP contribution in [0.3, 0.4) is 0 Å². The number of methoxy groups -OCH3 is 1. The van der Waals surface area contributed by atoms with Crippen LogP contribution in [0.1, 0.15) is 16.1 Å². The lowest BCUT2D eigenvalue weighted by molar-refractivity contribution is 0.0652. The first kappa shape index (κ1) is 13.4. The van der Waals surface area contributed by atoms with E-state index in [1.807, 2.05) is 0 Å². The molecule has 0 bridgehead atoms. The molecule has 0 atom stereocenters. The zero-order valence-electron chi connectivity index (χ0n) is 10.1. The van der Waals surface area contributed by atoms with Crippen molar-refractivity contribution < 1.29 is 24.3 Å². The fourth-order valence-corrected chi connectivity index (χ4v) is 2.45. The van der Waals surface area contributed by atoms with Crippen LogP contribution in [0.25, 0.3) is 11.3 Å². The third-order valence-electron chi connectivity index (χ3n) is 2.59. The van der Waals surface area contributed by atoms with E-state index >= 15 is 0 Å². The minimum absolute atomic E-state index is 0.125. The minimum atomic E-state index is -1.22. The van der Waals surface area contributed by atoms with Gasteiger partial charge in [-0.15, -0.1) is 0 Å². The van der Waals surface area contributed by atoms with Gasteiger partial charge in [-0.25, -0.2) is 4.79 Å². The molecule has 0 aliphatic carbocycles. The van der Waals surface area contributed by atoms with Gasteiger partial charge < -0.3 is 19.5 Å². The highest BCUT2D eigenvalue weighted by Crippen LogP contribution is 2.43. The average Bonchev–Trinajstić information content (AvgIpc) is 2.78. The van der Waals surface area contributed by atoms with E-state index < -0.39 is 5.97 Å². The lowest BCUT2D eigenvalue weighted by Gasteiger charge is -2.11. The Kier molecular flexibility index (Phi) is 3.48. The molecule has 0 aliphatic heterocycles. The molecule has 0 amide bonds. The van der Waals surface area contributed by atoms with Gasteiger partial charge in [0, 0.05) is 6.07 Å². The Morgan fingerprint density at radius 1 is 1.47 bits per heavy atom. The number of carbonyl (C=O) groups is 1. The Labute approximate surface area is 116 Å². The maximum absolute atomic E-state index is 10.8. The summed E-state index contributed by atoms with van der Waals surface area (Å²) in [6.45, 7) is 1.76. The first-order valence-corrected chi connectivity index (χ1v) is 6.01. The molecule has 0 radical (unpaired) electrons. The fraction of sp³-hybridized carbons (Fsp3) is 0.167. The molecule has 2 rings (SSSR count). The van der Waals surface area contributed by atoms with Crippen LogP contribution in [0.4, 0.5) is 0 Å². The SMILES string of the molecule is COc1c(Br)cc(C)c(-c2cc(C(=O)O)on2)c1O. The van der Waals surface area contributed by atoms with E-state index in [-0.39, 0.29) is 23.0 Å². The Balaban J connectivity index is 2.64. The standard InChI is InChI=1S/C12H10BrNO5/c1-5-3-6(13)11(18-2)10(15)9(5)7-4-8(12(16)17)19-14-7/h3-4,15H,1-2H3,(H,16,17). The lowest BCUT2D eigenvalue weighted by atomic mass is 10.0. The van der Waals surface area contributed by atoms with Crippen LogP contribution in [0.5, 0.6) is 11.5 Å². The Morgan fingerprint density at radius 3 is 2.68 bits per heavy atom. The summed E-state index contributed by atoms with van der Waals surface area (Å²) >= 11 is 3.27. The third-order valence-corrected chi connectivity index (χ3v) is 3.18. The molecule has 100 valence electrons. The number of carboxylic acid groups (broad SMARTS) is 1. The number of aryl methyl sites for hydroxylation is 1. The summed E-state index contributed by atoms with van der Waals surface area (Å²) in [4.78, 5) is 10.8. The summed E-state index contributed by atoms with van der Waals surface area (Å²) in [7, 11) is 1.42. The van der Waals surface area contributed by atoms with Gasteiger partial charge in [-0.3, -0.25) is 0 Å². The average molecular weight is 328 g/mol. The molecule has 2 aromatic rings. The molecule has 1 heterocycles. The summed E-state index contributed by atoms with van der Waals surface area (Å²) < 4.78 is 10.3. The Morgan fingerprint density at radius 2 is 2.16 bits per heavy atom. The van der Waals surface area contributed by atoms with E-state index in [4.69, 9.17) is 9.84 Å². The van der Waals surface area contributed by atoms with Gasteiger partial charge in [-0.05, 0) is 34.5 Å². The van der Waals surface area contributed by atoms with Crippen LogP contribution in [0.2, 0.25) is 0 Å². The monoisotopic (exact) mass is 327 g/mol. The van der Waals surface area contributed by atoms with Crippen molar-refractivity contribution in [1.29, 1.82) is 0 Å². The number of halogens is 1. The maximum Gasteiger partial charge on any atom is 0.374 e. The summed E-state index contributed by atoms with van der Waals surface area (Å²) in [5.74, 6) is -1.39. The quantitative estimate of drug-likeness (QED) is 0.900. The van der Waals surface area contributed by atoms with Crippen molar-refractivity contribution in [3.8, 4) is 22.8 Å². The van der Waals surface area contributed by atoms with Gasteiger partial charge in [0.15, 0.2) is 11.5 Å². The van der Waals surface area contributed by atoms with Gasteiger partial charge in [0.2, 0.25) is 5.76 Å². The number of aromatic nitrogens is 1. The number of aromatic hydroxyl groups is 1. The van der Waals surface area contributed by atoms with E-state index in [1.54, 1.807) is 13.0 Å². The summed E-state index contributed by atoms with van der Waals surface area (Å²) in [5.41, 5.74) is 1.31. The van der Waals surface area contributed by atoms with E-state index in [0.29, 0.717) is 15.6 Å². The zero-order chi connectivity index (χ0) is 14.2. The van der Waals surface area contributed by atoms with Crippen LogP contribution in [0, 0.1) is 6.92 Å². The molecule has 0 unspecified atom stereocenters. The van der Waals surface area contributed by atoms with Gasteiger partial charge in [0.25, 0.3) is 0 Å². The maximum atomic E-state index is 10.8. The third kappa shape index (κ3) is 2.28. The van der Waals surface area contributed by atoms with Crippen molar-refractivity contribution in [3.63, 3.8) is 0 Å². The molecule has 1 aromatic carbocycles. The summed E-state index contributed by atoms with van der Waals surface area (Å²) in [5, 5.41) is 22.6. The number of nitrogens with zero attached hydrogens (tertiary/aromatic N) is 1. The Bertz CT molecular complexity index is 650. The highest BCUT2D eigenvalue weighted by Gasteiger charge is 2.21. The number of hydrogen-bond acceptors (Lipinski definition) is 5. The van der Waals surface area contributed by atoms with Crippen molar-refractivity contribution in [2.75, 3.05) is 7.11 Å². The predicted octanol–water partition coefficient (Wildman–Crippen LogP) is 2.82. The fourth-order valence-electron chi connectivity index (χ4n) is 1.75. The van der Waals surface area contributed by atoms with Crippen molar-refractivity contribution >= 4 is 21.9 Å². The number of benzene rings is 1. The van der Waals surface area contributed by atoms with Gasteiger partial charge in [0.05, 0.1) is 17.1 Å². The van der Waals surface area contributed by atoms with E-state index in [0.717, 1.165) is 0 Å². The number of carboxylic acids is 1. The molecule has 6 nitrogen and oxygen atoms in total. The van der Waals surface area contributed by atoms with Crippen LogP contribution in [-0.2, 0) is 0 Å². The second kappa shape index (κ2) is 4.93. The molecule has 0 saturated carbocycles. The van der Waals surface area contributed by atoms with Gasteiger partial charge in [-0.1, -0.05) is 5.16 Å². The number of ether oxygens (including phenoxy) is 1. The second-order valence-corrected chi connectivity index (χ2v) is 4.67. The van der Waals surface area contributed by atoms with E-state index in [1.165, 1.54) is 13.2 Å². The first-order valence-electron chi connectivity index (χ1n) is 5.22. The largest absolute Gasteiger partial charge is 0.504 e. The number of phenolic OH excluding ortho intramolecular Hbond substituents is 1. The topological polar surface area (TPSA) is 92.8 Å². The highest BCUT2D eigenvalue weighted by atomic mass is 79.9. The number of hydrogen-bond donors (Lipinski definition) is 2. The smallest absolute Gasteiger partial charge is 0.374 e. The summed E-state index contributed by atoms with van der Waals surface area (Å²) in [6.07, 6.45) is 0. The van der Waals surface area contributed by atoms with Crippen molar-refractivity contribution in [2.45, 2.75) is 6.92 Å². The van der Waals surface area contributed by atoms with Gasteiger partial charge >= 0.3 is 5.97 Å². The molecule has 0 aliphatic rings. The predicted molar refractivity (Wildman–Crippen MR) is 69.6 cm³/mol. The molecule has 2 N–H and O–H groups in total. The summed E-state index contributed by atoms with van der Waals surface area (Å²) in [6, 6.07) is 2.99. The first-order chi connectivity index (χ1) is 8.95. The number of rotatable bonds is 3. The molecule has 0 fully saturated rings. The number of phenols is 1. The molecule has 0 spiro atoms. The van der Waals surface area contributed by atoms with Crippen LogP contribution in [-0.4, -0.2) is 28.4 Å². The molecule has 19 heavy (non-hydrogen) atoms. The van der Waals surface area contributed by atoms with Crippen LogP contribution in [0.15, 0.2) is 21.1 Å². The molecule has 1 aromatic heterocycles. The van der Waals surface area contributed by atoms with Crippen molar-refractivity contribution in [3.05, 3.63) is 27.9 Å². The zero-order valence-corrected chi connectivity index (χ0v) is 11.7. The van der Waals surface area contributed by atoms with Crippen LogP contribution >= 0.6 is 15.9 Å². The van der Waals surface area contributed by atoms with E-state index in [2.05, 4.69) is 25.6 Å². The second-order valence-electron chi connectivity index (χ2n) is 3.81. The molecular weight excluding hydrogens is 318 g/mol. The van der Waals surface area contributed by atoms with E-state index in [9.17, 15) is 9.90 Å². The molecule has 0 saturated heterocycles.